The van der Waals surface area contributed by atoms with Gasteiger partial charge in [-0.2, -0.15) is 0 Å². The number of nitrogens with zero attached hydrogens (tertiary/aromatic N) is 3. The quantitative estimate of drug-likeness (QED) is 0.750. The Bertz CT molecular complexity index is 662. The second-order valence-corrected chi connectivity index (χ2v) is 4.30. The molecule has 0 amide bonds. The van der Waals surface area contributed by atoms with Crippen molar-refractivity contribution in [2.24, 2.45) is 0 Å². The van der Waals surface area contributed by atoms with Gasteiger partial charge < -0.3 is 4.98 Å². The maximum absolute atomic E-state index is 13.9. The van der Waals surface area contributed by atoms with Gasteiger partial charge in [-0.3, -0.25) is 0 Å². The monoisotopic (exact) mass is 292 g/mol. The van der Waals surface area contributed by atoms with Gasteiger partial charge in [-0.25, -0.2) is 19.3 Å². The number of fused-ring (bicyclic) bond motifs is 1. The summed E-state index contributed by atoms with van der Waals surface area (Å²) < 4.78 is 14.3. The van der Waals surface area contributed by atoms with Crippen LogP contribution in [0, 0.1) is 5.82 Å². The molecule has 1 N–H and O–H groups in total. The molecule has 3 rings (SSSR count). The highest BCUT2D eigenvalue weighted by atomic mass is 79.9. The molecule has 2 aromatic heterocycles. The molecule has 0 atom stereocenters. The Balaban J connectivity index is 2.24. The number of benzene rings is 1. The first-order valence-electron chi connectivity index (χ1n) is 4.86. The summed E-state index contributed by atoms with van der Waals surface area (Å²) >= 11 is 3.14. The summed E-state index contributed by atoms with van der Waals surface area (Å²) in [5.74, 6) is 0.0961. The van der Waals surface area contributed by atoms with Crippen LogP contribution in [0.15, 0.2) is 35.2 Å². The molecule has 6 heteroatoms. The molecule has 0 aliphatic rings. The van der Waals surface area contributed by atoms with Crippen molar-refractivity contribution in [2.45, 2.75) is 0 Å². The highest BCUT2D eigenvalue weighted by Gasteiger charge is 2.12. The standard InChI is InChI=1S/C11H6BrFN4/c12-7-3-1-2-6(9(7)13)10-16-8-4-14-5-15-11(8)17-10/h1-5H,(H,14,15,16,17). The highest BCUT2D eigenvalue weighted by molar-refractivity contribution is 9.10. The summed E-state index contributed by atoms with van der Waals surface area (Å²) in [5, 5.41) is 0. The van der Waals surface area contributed by atoms with Gasteiger partial charge in [-0.1, -0.05) is 6.07 Å². The molecule has 4 nitrogen and oxygen atoms in total. The molecule has 0 aliphatic carbocycles. The molecule has 2 heterocycles. The fraction of sp³-hybridized carbons (Fsp3) is 0. The molecule has 0 unspecified atom stereocenters. The van der Waals surface area contributed by atoms with Gasteiger partial charge >= 0.3 is 0 Å². The van der Waals surface area contributed by atoms with Crippen molar-refractivity contribution in [3.8, 4) is 11.4 Å². The Kier molecular flexibility index (Phi) is 2.36. The second-order valence-electron chi connectivity index (χ2n) is 3.45. The number of nitrogens with one attached hydrogen (secondary N) is 1. The third kappa shape index (κ3) is 1.70. The van der Waals surface area contributed by atoms with Crippen molar-refractivity contribution >= 4 is 27.1 Å². The van der Waals surface area contributed by atoms with E-state index >= 15 is 0 Å². The molecule has 0 radical (unpaired) electrons. The van der Waals surface area contributed by atoms with E-state index in [0.29, 0.717) is 27.0 Å². The van der Waals surface area contributed by atoms with E-state index in [2.05, 4.69) is 35.9 Å². The van der Waals surface area contributed by atoms with E-state index < -0.39 is 0 Å². The topological polar surface area (TPSA) is 54.5 Å². The van der Waals surface area contributed by atoms with Crippen molar-refractivity contribution < 1.29 is 4.39 Å². The van der Waals surface area contributed by atoms with E-state index in [4.69, 9.17) is 0 Å². The lowest BCUT2D eigenvalue weighted by atomic mass is 10.2. The average molecular weight is 293 g/mol. The summed E-state index contributed by atoms with van der Waals surface area (Å²) in [5.41, 5.74) is 1.61. The summed E-state index contributed by atoms with van der Waals surface area (Å²) in [4.78, 5) is 15.1. The first-order chi connectivity index (χ1) is 8.25. The Morgan fingerprint density at radius 2 is 2.18 bits per heavy atom. The van der Waals surface area contributed by atoms with Crippen molar-refractivity contribution in [1.29, 1.82) is 0 Å². The first kappa shape index (κ1) is 10.3. The van der Waals surface area contributed by atoms with Crippen LogP contribution in [0.25, 0.3) is 22.6 Å². The fourth-order valence-corrected chi connectivity index (χ4v) is 1.94. The highest BCUT2D eigenvalue weighted by Crippen LogP contribution is 2.26. The van der Waals surface area contributed by atoms with E-state index in [1.807, 2.05) is 0 Å². The van der Waals surface area contributed by atoms with Crippen molar-refractivity contribution in [1.82, 2.24) is 19.9 Å². The number of imidazole rings is 1. The van der Waals surface area contributed by atoms with Crippen LogP contribution in [0.1, 0.15) is 0 Å². The molecule has 0 fully saturated rings. The summed E-state index contributed by atoms with van der Waals surface area (Å²) in [7, 11) is 0. The zero-order valence-corrected chi connectivity index (χ0v) is 10.1. The minimum Gasteiger partial charge on any atom is -0.335 e. The van der Waals surface area contributed by atoms with E-state index in [-0.39, 0.29) is 5.82 Å². The molecule has 0 spiro atoms. The van der Waals surface area contributed by atoms with Crippen LogP contribution in [0.4, 0.5) is 4.39 Å². The van der Waals surface area contributed by atoms with Crippen LogP contribution in [0.3, 0.4) is 0 Å². The van der Waals surface area contributed by atoms with Crippen LogP contribution in [0.5, 0.6) is 0 Å². The van der Waals surface area contributed by atoms with Gasteiger partial charge in [-0.15, -0.1) is 0 Å². The normalized spacial score (nSPS) is 10.9. The van der Waals surface area contributed by atoms with Gasteiger partial charge in [0.1, 0.15) is 23.5 Å². The number of halogens is 2. The lowest BCUT2D eigenvalue weighted by Crippen LogP contribution is -1.87. The van der Waals surface area contributed by atoms with Crippen molar-refractivity contribution in [3.05, 3.63) is 41.0 Å². The number of aromatic nitrogens is 4. The molecule has 0 saturated heterocycles. The van der Waals surface area contributed by atoms with Crippen LogP contribution in [-0.2, 0) is 0 Å². The smallest absolute Gasteiger partial charge is 0.181 e. The van der Waals surface area contributed by atoms with Crippen LogP contribution in [0.2, 0.25) is 0 Å². The maximum atomic E-state index is 13.9. The first-order valence-corrected chi connectivity index (χ1v) is 5.65. The Morgan fingerprint density at radius 1 is 1.29 bits per heavy atom. The molecule has 84 valence electrons. The number of hydrogen-bond donors (Lipinski definition) is 1. The number of rotatable bonds is 1. The van der Waals surface area contributed by atoms with E-state index in [0.717, 1.165) is 0 Å². The Labute approximate surface area is 104 Å². The predicted molar refractivity (Wildman–Crippen MR) is 64.8 cm³/mol. The number of aromatic amines is 1. The third-order valence-corrected chi connectivity index (χ3v) is 2.98. The molecule has 17 heavy (non-hydrogen) atoms. The molecule has 0 aliphatic heterocycles. The molecule has 0 saturated carbocycles. The summed E-state index contributed by atoms with van der Waals surface area (Å²) in [6.45, 7) is 0. The summed E-state index contributed by atoms with van der Waals surface area (Å²) in [6, 6.07) is 5.05. The Morgan fingerprint density at radius 3 is 3.00 bits per heavy atom. The molecular formula is C11H6BrFN4. The van der Waals surface area contributed by atoms with Gasteiger partial charge in [-0.05, 0) is 28.1 Å². The van der Waals surface area contributed by atoms with E-state index in [1.165, 1.54) is 6.33 Å². The lowest BCUT2D eigenvalue weighted by Gasteiger charge is -2.00. The van der Waals surface area contributed by atoms with Crippen LogP contribution >= 0.6 is 15.9 Å². The molecule has 1 aromatic carbocycles. The van der Waals surface area contributed by atoms with Crippen molar-refractivity contribution in [2.75, 3.05) is 0 Å². The molecule has 0 bridgehead atoms. The van der Waals surface area contributed by atoms with Gasteiger partial charge in [0.05, 0.1) is 16.2 Å². The number of H-pyrrole nitrogens is 1. The predicted octanol–water partition coefficient (Wildman–Crippen LogP) is 2.92. The van der Waals surface area contributed by atoms with Gasteiger partial charge in [0.15, 0.2) is 5.65 Å². The van der Waals surface area contributed by atoms with E-state index in [9.17, 15) is 4.39 Å². The average Bonchev–Trinajstić information content (AvgIpc) is 2.76. The van der Waals surface area contributed by atoms with Gasteiger partial charge in [0, 0.05) is 0 Å². The van der Waals surface area contributed by atoms with Gasteiger partial charge in [0.2, 0.25) is 0 Å². The molecule has 3 aromatic rings. The molecular weight excluding hydrogens is 287 g/mol. The minimum atomic E-state index is -0.348. The zero-order valence-electron chi connectivity index (χ0n) is 8.48. The minimum absolute atomic E-state index is 0.348. The van der Waals surface area contributed by atoms with Gasteiger partial charge in [0.25, 0.3) is 0 Å². The lowest BCUT2D eigenvalue weighted by molar-refractivity contribution is 0.623. The second kappa shape index (κ2) is 3.89. The van der Waals surface area contributed by atoms with Crippen molar-refractivity contribution in [3.63, 3.8) is 0 Å². The van der Waals surface area contributed by atoms with Crippen LogP contribution < -0.4 is 0 Å². The maximum Gasteiger partial charge on any atom is 0.181 e. The Hall–Kier alpha value is -1.82. The van der Waals surface area contributed by atoms with E-state index in [1.54, 1.807) is 24.4 Å². The fourth-order valence-electron chi connectivity index (χ4n) is 1.58. The summed E-state index contributed by atoms with van der Waals surface area (Å²) in [6.07, 6.45) is 3.01. The van der Waals surface area contributed by atoms with Crippen LogP contribution in [-0.4, -0.2) is 19.9 Å². The SMILES string of the molecule is Fc1c(Br)cccc1-c1nc2ncncc2[nH]1. The third-order valence-electron chi connectivity index (χ3n) is 2.37. The zero-order chi connectivity index (χ0) is 11.8. The number of hydrogen-bond acceptors (Lipinski definition) is 3. The largest absolute Gasteiger partial charge is 0.335 e.